The van der Waals surface area contributed by atoms with Crippen molar-refractivity contribution < 1.29 is 4.79 Å². The molecule has 0 atom stereocenters. The first kappa shape index (κ1) is 16.5. The summed E-state index contributed by atoms with van der Waals surface area (Å²) in [5.74, 6) is -0.0657. The highest BCUT2D eigenvalue weighted by Crippen LogP contribution is 2.19. The monoisotopic (exact) mass is 323 g/mol. The van der Waals surface area contributed by atoms with Crippen LogP contribution in [0.4, 0.5) is 11.4 Å². The first-order valence-corrected chi connectivity index (χ1v) is 8.81. The topological polar surface area (TPSA) is 54.0 Å². The Morgan fingerprint density at radius 2 is 1.83 bits per heavy atom. The van der Waals surface area contributed by atoms with Gasteiger partial charge in [-0.1, -0.05) is 37.8 Å². The molecule has 1 amide bonds. The molecule has 0 aliphatic heterocycles. The highest BCUT2D eigenvalue weighted by Gasteiger charge is 2.16. The van der Waals surface area contributed by atoms with E-state index in [9.17, 15) is 4.79 Å². The van der Waals surface area contributed by atoms with E-state index in [1.807, 2.05) is 18.2 Å². The van der Waals surface area contributed by atoms with Crippen molar-refractivity contribution in [3.8, 4) is 0 Å². The molecular weight excluding hydrogens is 298 g/mol. The molecule has 0 unspecified atom stereocenters. The Kier molecular flexibility index (Phi) is 5.47. The maximum atomic E-state index is 12.3. The lowest BCUT2D eigenvalue weighted by Crippen LogP contribution is -2.34. The quantitative estimate of drug-likeness (QED) is 0.809. The molecule has 4 heteroatoms. The van der Waals surface area contributed by atoms with Crippen LogP contribution in [0.25, 0.3) is 0 Å². The van der Waals surface area contributed by atoms with E-state index in [1.54, 1.807) is 12.3 Å². The molecule has 1 aromatic carbocycles. The lowest BCUT2D eigenvalue weighted by molar-refractivity contribution is 0.0928. The van der Waals surface area contributed by atoms with Gasteiger partial charge in [0.05, 0.1) is 11.9 Å². The summed E-state index contributed by atoms with van der Waals surface area (Å²) in [5, 5.41) is 6.44. The Morgan fingerprint density at radius 3 is 2.50 bits per heavy atom. The zero-order chi connectivity index (χ0) is 16.8. The predicted molar refractivity (Wildman–Crippen MR) is 97.7 cm³/mol. The summed E-state index contributed by atoms with van der Waals surface area (Å²) in [5.41, 5.74) is 3.58. The number of benzene rings is 1. The molecule has 4 nitrogen and oxygen atoms in total. The normalized spacial score (nSPS) is 15.5. The maximum absolute atomic E-state index is 12.3. The first-order valence-electron chi connectivity index (χ1n) is 8.81. The average molecular weight is 323 g/mol. The van der Waals surface area contributed by atoms with Gasteiger partial charge in [-0.05, 0) is 49.6 Å². The minimum absolute atomic E-state index is 0.0657. The van der Waals surface area contributed by atoms with Crippen LogP contribution in [-0.4, -0.2) is 16.9 Å². The minimum Gasteiger partial charge on any atom is -0.354 e. The largest absolute Gasteiger partial charge is 0.354 e. The van der Waals surface area contributed by atoms with E-state index in [0.29, 0.717) is 11.7 Å². The van der Waals surface area contributed by atoms with Crippen LogP contribution >= 0.6 is 0 Å². The van der Waals surface area contributed by atoms with Crippen LogP contribution in [0.3, 0.4) is 0 Å². The van der Waals surface area contributed by atoms with Gasteiger partial charge in [-0.2, -0.15) is 0 Å². The van der Waals surface area contributed by atoms with Crippen LogP contribution in [0.1, 0.15) is 54.6 Å². The number of rotatable bonds is 4. The molecule has 0 spiro atoms. The van der Waals surface area contributed by atoms with Crippen molar-refractivity contribution in [2.45, 2.75) is 51.5 Å². The van der Waals surface area contributed by atoms with Crippen LogP contribution in [-0.2, 0) is 0 Å². The third-order valence-electron chi connectivity index (χ3n) is 4.49. The first-order chi connectivity index (χ1) is 11.7. The second kappa shape index (κ2) is 7.95. The standard InChI is InChI=1S/C20H25N3O/c1-15-7-6-10-17(13-15)22-18-11-12-19(21-14-18)20(24)23-16-8-4-2-3-5-9-16/h6-7,10-14,16,22H,2-5,8-9H2,1H3,(H,23,24). The second-order valence-electron chi connectivity index (χ2n) is 6.59. The number of nitrogens with zero attached hydrogens (tertiary/aromatic N) is 1. The summed E-state index contributed by atoms with van der Waals surface area (Å²) in [7, 11) is 0. The van der Waals surface area contributed by atoms with Crippen LogP contribution in [0.2, 0.25) is 0 Å². The zero-order valence-corrected chi connectivity index (χ0v) is 14.2. The smallest absolute Gasteiger partial charge is 0.270 e. The highest BCUT2D eigenvalue weighted by molar-refractivity contribution is 5.92. The molecule has 0 radical (unpaired) electrons. The molecule has 0 saturated heterocycles. The van der Waals surface area contributed by atoms with Crippen molar-refractivity contribution in [3.63, 3.8) is 0 Å². The van der Waals surface area contributed by atoms with Gasteiger partial charge in [0.15, 0.2) is 0 Å². The minimum atomic E-state index is -0.0657. The SMILES string of the molecule is Cc1cccc(Nc2ccc(C(=O)NC3CCCCCC3)nc2)c1. The molecular formula is C20H25N3O. The molecule has 3 rings (SSSR count). The van der Waals surface area contributed by atoms with Gasteiger partial charge in [-0.25, -0.2) is 4.98 Å². The summed E-state index contributed by atoms with van der Waals surface area (Å²) in [6, 6.07) is 12.1. The van der Waals surface area contributed by atoms with Crippen molar-refractivity contribution in [3.05, 3.63) is 53.9 Å². The third kappa shape index (κ3) is 4.57. The Balaban J connectivity index is 1.60. The molecule has 1 aliphatic carbocycles. The summed E-state index contributed by atoms with van der Waals surface area (Å²) in [6.45, 7) is 2.06. The van der Waals surface area contributed by atoms with Gasteiger partial charge in [-0.15, -0.1) is 0 Å². The number of carbonyl (C=O) groups excluding carboxylic acids is 1. The Hall–Kier alpha value is -2.36. The average Bonchev–Trinajstić information content (AvgIpc) is 2.84. The second-order valence-corrected chi connectivity index (χ2v) is 6.59. The lowest BCUT2D eigenvalue weighted by Gasteiger charge is -2.16. The molecule has 1 aliphatic rings. The van der Waals surface area contributed by atoms with Crippen LogP contribution in [0, 0.1) is 6.92 Å². The van der Waals surface area contributed by atoms with E-state index in [2.05, 4.69) is 34.7 Å². The number of nitrogens with one attached hydrogen (secondary N) is 2. The van der Waals surface area contributed by atoms with E-state index in [4.69, 9.17) is 0 Å². The number of anilines is 2. The Morgan fingerprint density at radius 1 is 1.04 bits per heavy atom. The molecule has 1 heterocycles. The number of hydrogen-bond acceptors (Lipinski definition) is 3. The van der Waals surface area contributed by atoms with Gasteiger partial charge in [0.2, 0.25) is 0 Å². The fraction of sp³-hybridized carbons (Fsp3) is 0.400. The van der Waals surface area contributed by atoms with Crippen molar-refractivity contribution in [1.29, 1.82) is 0 Å². The summed E-state index contributed by atoms with van der Waals surface area (Å²) >= 11 is 0. The van der Waals surface area contributed by atoms with Crippen molar-refractivity contribution in [2.24, 2.45) is 0 Å². The maximum Gasteiger partial charge on any atom is 0.270 e. The van der Waals surface area contributed by atoms with E-state index < -0.39 is 0 Å². The molecule has 0 bridgehead atoms. The van der Waals surface area contributed by atoms with Crippen molar-refractivity contribution >= 4 is 17.3 Å². The number of aryl methyl sites for hydroxylation is 1. The fourth-order valence-electron chi connectivity index (χ4n) is 3.17. The Labute approximate surface area is 143 Å². The molecule has 1 aromatic heterocycles. The molecule has 126 valence electrons. The summed E-state index contributed by atoms with van der Waals surface area (Å²) in [4.78, 5) is 16.7. The molecule has 2 N–H and O–H groups in total. The van der Waals surface area contributed by atoms with E-state index >= 15 is 0 Å². The summed E-state index contributed by atoms with van der Waals surface area (Å²) < 4.78 is 0. The number of amides is 1. The van der Waals surface area contributed by atoms with Crippen molar-refractivity contribution in [2.75, 3.05) is 5.32 Å². The number of carbonyl (C=O) groups is 1. The number of aromatic nitrogens is 1. The van der Waals surface area contributed by atoms with E-state index in [-0.39, 0.29) is 5.91 Å². The van der Waals surface area contributed by atoms with E-state index in [0.717, 1.165) is 24.2 Å². The van der Waals surface area contributed by atoms with Crippen LogP contribution in [0.15, 0.2) is 42.6 Å². The molecule has 24 heavy (non-hydrogen) atoms. The molecule has 2 aromatic rings. The van der Waals surface area contributed by atoms with Gasteiger partial charge in [-0.3, -0.25) is 4.79 Å². The van der Waals surface area contributed by atoms with Crippen molar-refractivity contribution in [1.82, 2.24) is 10.3 Å². The lowest BCUT2D eigenvalue weighted by atomic mass is 10.1. The molecule has 1 fully saturated rings. The van der Waals surface area contributed by atoms with Gasteiger partial charge < -0.3 is 10.6 Å². The highest BCUT2D eigenvalue weighted by atomic mass is 16.1. The number of pyridine rings is 1. The predicted octanol–water partition coefficient (Wildman–Crippen LogP) is 4.59. The van der Waals surface area contributed by atoms with Gasteiger partial charge in [0.1, 0.15) is 5.69 Å². The molecule has 1 saturated carbocycles. The van der Waals surface area contributed by atoms with Gasteiger partial charge >= 0.3 is 0 Å². The van der Waals surface area contributed by atoms with Gasteiger partial charge in [0, 0.05) is 11.7 Å². The summed E-state index contributed by atoms with van der Waals surface area (Å²) in [6.07, 6.45) is 8.85. The van der Waals surface area contributed by atoms with E-state index in [1.165, 1.54) is 31.2 Å². The van der Waals surface area contributed by atoms with Crippen LogP contribution < -0.4 is 10.6 Å². The Bertz CT molecular complexity index is 674. The fourth-order valence-corrected chi connectivity index (χ4v) is 3.17. The third-order valence-corrected chi connectivity index (χ3v) is 4.49. The van der Waals surface area contributed by atoms with Crippen LogP contribution in [0.5, 0.6) is 0 Å². The van der Waals surface area contributed by atoms with Gasteiger partial charge in [0.25, 0.3) is 5.91 Å². The number of hydrogen-bond donors (Lipinski definition) is 2. The zero-order valence-electron chi connectivity index (χ0n) is 14.2.